The zero-order valence-electron chi connectivity index (χ0n) is 11.5. The van der Waals surface area contributed by atoms with Crippen LogP contribution in [0, 0.1) is 16.7 Å². The van der Waals surface area contributed by atoms with Gasteiger partial charge in [-0.1, -0.05) is 34.6 Å². The van der Waals surface area contributed by atoms with Crippen molar-refractivity contribution in [2.45, 2.75) is 47.5 Å². The van der Waals surface area contributed by atoms with Crippen LogP contribution in [0.15, 0.2) is 11.5 Å². The normalized spacial score (nSPS) is 29.2. The zero-order chi connectivity index (χ0) is 12.8. The van der Waals surface area contributed by atoms with E-state index in [0.717, 1.165) is 25.3 Å². The molecule has 1 atom stereocenters. The molecule has 2 heterocycles. The first-order valence-corrected chi connectivity index (χ1v) is 6.49. The van der Waals surface area contributed by atoms with Crippen molar-refractivity contribution in [3.05, 3.63) is 11.5 Å². The lowest BCUT2D eigenvalue weighted by Gasteiger charge is -2.45. The molecule has 17 heavy (non-hydrogen) atoms. The highest BCUT2D eigenvalue weighted by atomic mass is 16.5. The molecule has 3 heteroatoms. The Bertz CT molecular complexity index is 376. The number of rotatable bonds is 1. The van der Waals surface area contributed by atoms with Crippen LogP contribution >= 0.6 is 0 Å². The Morgan fingerprint density at radius 3 is 2.53 bits per heavy atom. The van der Waals surface area contributed by atoms with Crippen molar-refractivity contribution in [1.29, 1.82) is 0 Å². The first-order chi connectivity index (χ1) is 7.81. The number of nitrogens with one attached hydrogen (secondary N) is 1. The van der Waals surface area contributed by atoms with E-state index in [0.29, 0.717) is 0 Å². The van der Waals surface area contributed by atoms with E-state index < -0.39 is 5.41 Å². The molecule has 0 saturated heterocycles. The van der Waals surface area contributed by atoms with E-state index in [1.54, 1.807) is 0 Å². The quantitative estimate of drug-likeness (QED) is 0.761. The lowest BCUT2D eigenvalue weighted by atomic mass is 9.56. The summed E-state index contributed by atoms with van der Waals surface area (Å²) in [5, 5.41) is 2.95. The Hall–Kier alpha value is -0.990. The molecule has 1 amide bonds. The predicted molar refractivity (Wildman–Crippen MR) is 67.1 cm³/mol. The number of ether oxygens (including phenoxy) is 1. The van der Waals surface area contributed by atoms with Crippen LogP contribution < -0.4 is 5.32 Å². The summed E-state index contributed by atoms with van der Waals surface area (Å²) in [6.07, 6.45) is 1.99. The van der Waals surface area contributed by atoms with E-state index in [1.807, 2.05) is 0 Å². The summed E-state index contributed by atoms with van der Waals surface area (Å²) in [6, 6.07) is 0. The average Bonchev–Trinajstić information content (AvgIpc) is 2.49. The van der Waals surface area contributed by atoms with Crippen LogP contribution in [0.25, 0.3) is 0 Å². The molecule has 0 aromatic carbocycles. The van der Waals surface area contributed by atoms with Crippen molar-refractivity contribution in [2.24, 2.45) is 16.7 Å². The third-order valence-corrected chi connectivity index (χ3v) is 4.20. The van der Waals surface area contributed by atoms with E-state index in [9.17, 15) is 4.79 Å². The Balaban J connectivity index is 2.58. The number of hydrogen-bond donors (Lipinski definition) is 1. The summed E-state index contributed by atoms with van der Waals surface area (Å²) in [7, 11) is 0. The molecular weight excluding hydrogens is 214 g/mol. The van der Waals surface area contributed by atoms with Crippen molar-refractivity contribution in [3.8, 4) is 0 Å². The Kier molecular flexibility index (Phi) is 2.75. The monoisotopic (exact) mass is 237 g/mol. The van der Waals surface area contributed by atoms with Gasteiger partial charge in [-0.25, -0.2) is 0 Å². The van der Waals surface area contributed by atoms with Crippen LogP contribution in [0.4, 0.5) is 0 Å². The topological polar surface area (TPSA) is 38.3 Å². The fourth-order valence-corrected chi connectivity index (χ4v) is 3.72. The second-order valence-electron chi connectivity index (χ2n) is 6.43. The van der Waals surface area contributed by atoms with Crippen molar-refractivity contribution in [2.75, 3.05) is 6.61 Å². The van der Waals surface area contributed by atoms with Crippen molar-refractivity contribution in [1.82, 2.24) is 5.32 Å². The van der Waals surface area contributed by atoms with Gasteiger partial charge in [0.1, 0.15) is 0 Å². The summed E-state index contributed by atoms with van der Waals surface area (Å²) in [5.74, 6) is 1.13. The van der Waals surface area contributed by atoms with Gasteiger partial charge in [-0.15, -0.1) is 0 Å². The minimum absolute atomic E-state index is 0.0942. The molecule has 0 aromatic heterocycles. The fraction of sp³-hybridized carbons (Fsp3) is 0.786. The van der Waals surface area contributed by atoms with E-state index in [4.69, 9.17) is 4.74 Å². The van der Waals surface area contributed by atoms with Gasteiger partial charge in [0.05, 0.1) is 12.0 Å². The van der Waals surface area contributed by atoms with Crippen molar-refractivity contribution < 1.29 is 9.53 Å². The number of hydrogen-bond acceptors (Lipinski definition) is 2. The second kappa shape index (κ2) is 3.76. The molecule has 0 saturated carbocycles. The molecule has 2 rings (SSSR count). The third kappa shape index (κ3) is 1.51. The van der Waals surface area contributed by atoms with Gasteiger partial charge >= 0.3 is 0 Å². The van der Waals surface area contributed by atoms with E-state index >= 15 is 0 Å². The molecule has 1 N–H and O–H groups in total. The lowest BCUT2D eigenvalue weighted by molar-refractivity contribution is -0.135. The average molecular weight is 237 g/mol. The summed E-state index contributed by atoms with van der Waals surface area (Å²) in [4.78, 5) is 12.5. The highest BCUT2D eigenvalue weighted by molar-refractivity contribution is 5.91. The molecule has 1 unspecified atom stereocenters. The number of amides is 1. The molecular formula is C14H23NO2. The lowest BCUT2D eigenvalue weighted by Crippen LogP contribution is -2.48. The van der Waals surface area contributed by atoms with Crippen LogP contribution in [-0.4, -0.2) is 12.5 Å². The molecule has 0 spiro atoms. The maximum atomic E-state index is 12.5. The van der Waals surface area contributed by atoms with Crippen LogP contribution in [0.1, 0.15) is 47.5 Å². The molecule has 2 aliphatic rings. The standard InChI is InChI=1S/C14H23NO2/c1-9(2)14(13(3,4)5)10-7-6-8-17-11(10)15-12(14)16/h9H,6-8H2,1-5H3,(H,15,16). The Morgan fingerprint density at radius 1 is 1.35 bits per heavy atom. The Morgan fingerprint density at radius 2 is 2.00 bits per heavy atom. The van der Waals surface area contributed by atoms with Crippen LogP contribution in [-0.2, 0) is 9.53 Å². The molecule has 2 aliphatic heterocycles. The fourth-order valence-electron chi connectivity index (χ4n) is 3.72. The molecule has 3 nitrogen and oxygen atoms in total. The van der Waals surface area contributed by atoms with E-state index in [1.165, 1.54) is 5.57 Å². The van der Waals surface area contributed by atoms with E-state index in [-0.39, 0.29) is 17.2 Å². The first kappa shape index (κ1) is 12.5. The number of carbonyl (C=O) groups excluding carboxylic acids is 1. The summed E-state index contributed by atoms with van der Waals surface area (Å²) < 4.78 is 5.62. The van der Waals surface area contributed by atoms with Gasteiger partial charge in [0, 0.05) is 5.57 Å². The summed E-state index contributed by atoms with van der Waals surface area (Å²) in [5.41, 5.74) is 0.683. The Labute approximate surface area is 104 Å². The molecule has 0 radical (unpaired) electrons. The highest BCUT2D eigenvalue weighted by Crippen LogP contribution is 2.55. The van der Waals surface area contributed by atoms with Gasteiger partial charge in [0.2, 0.25) is 5.91 Å². The van der Waals surface area contributed by atoms with Gasteiger partial charge in [-0.2, -0.15) is 0 Å². The predicted octanol–water partition coefficient (Wildman–Crippen LogP) is 2.83. The SMILES string of the molecule is CC(C)C1(C(C)(C)C)C(=O)NC2=C1CCCO2. The van der Waals surface area contributed by atoms with Gasteiger partial charge in [0.15, 0.2) is 5.88 Å². The third-order valence-electron chi connectivity index (χ3n) is 4.20. The zero-order valence-corrected chi connectivity index (χ0v) is 11.5. The van der Waals surface area contributed by atoms with Crippen molar-refractivity contribution in [3.63, 3.8) is 0 Å². The molecule has 0 fully saturated rings. The smallest absolute Gasteiger partial charge is 0.237 e. The summed E-state index contributed by atoms with van der Waals surface area (Å²) in [6.45, 7) is 11.4. The molecule has 0 aromatic rings. The van der Waals surface area contributed by atoms with Crippen LogP contribution in [0.2, 0.25) is 0 Å². The van der Waals surface area contributed by atoms with Gasteiger partial charge in [-0.3, -0.25) is 10.1 Å². The van der Waals surface area contributed by atoms with Crippen molar-refractivity contribution >= 4 is 5.91 Å². The van der Waals surface area contributed by atoms with Gasteiger partial charge < -0.3 is 4.74 Å². The highest BCUT2D eigenvalue weighted by Gasteiger charge is 2.58. The van der Waals surface area contributed by atoms with Gasteiger partial charge in [-0.05, 0) is 24.2 Å². The van der Waals surface area contributed by atoms with Gasteiger partial charge in [0.25, 0.3) is 0 Å². The molecule has 0 aliphatic carbocycles. The maximum absolute atomic E-state index is 12.5. The summed E-state index contributed by atoms with van der Waals surface area (Å²) >= 11 is 0. The second-order valence-corrected chi connectivity index (χ2v) is 6.43. The molecule has 0 bridgehead atoms. The number of carbonyl (C=O) groups is 1. The van der Waals surface area contributed by atoms with Crippen LogP contribution in [0.5, 0.6) is 0 Å². The molecule has 96 valence electrons. The maximum Gasteiger partial charge on any atom is 0.237 e. The largest absolute Gasteiger partial charge is 0.479 e. The minimum Gasteiger partial charge on any atom is -0.479 e. The van der Waals surface area contributed by atoms with E-state index in [2.05, 4.69) is 39.9 Å². The van der Waals surface area contributed by atoms with Crippen LogP contribution in [0.3, 0.4) is 0 Å². The first-order valence-electron chi connectivity index (χ1n) is 6.49. The minimum atomic E-state index is -0.414.